The summed E-state index contributed by atoms with van der Waals surface area (Å²) >= 11 is 0. The molecule has 2 atom stereocenters. The van der Waals surface area contributed by atoms with Crippen molar-refractivity contribution >= 4 is 0 Å². The molecular weight excluding hydrogens is 224 g/mol. The Bertz CT molecular complexity index is 259. The van der Waals surface area contributed by atoms with E-state index in [1.165, 1.54) is 13.0 Å². The summed E-state index contributed by atoms with van der Waals surface area (Å²) in [4.78, 5) is 2.51. The van der Waals surface area contributed by atoms with Gasteiger partial charge in [0.05, 0.1) is 5.60 Å². The summed E-state index contributed by atoms with van der Waals surface area (Å²) < 4.78 is 0. The first-order chi connectivity index (χ1) is 8.49. The highest BCUT2D eigenvalue weighted by Gasteiger charge is 2.41. The van der Waals surface area contributed by atoms with Crippen molar-refractivity contribution in [1.82, 2.24) is 10.2 Å². The molecule has 2 aliphatic rings. The summed E-state index contributed by atoms with van der Waals surface area (Å²) in [6.45, 7) is 11.2. The topological polar surface area (TPSA) is 35.5 Å². The van der Waals surface area contributed by atoms with E-state index in [9.17, 15) is 5.11 Å². The Morgan fingerprint density at radius 1 is 1.33 bits per heavy atom. The van der Waals surface area contributed by atoms with Gasteiger partial charge in [-0.15, -0.1) is 0 Å². The van der Waals surface area contributed by atoms with Gasteiger partial charge >= 0.3 is 0 Å². The van der Waals surface area contributed by atoms with Gasteiger partial charge in [-0.3, -0.25) is 0 Å². The molecule has 2 N–H and O–H groups in total. The molecule has 0 aromatic heterocycles. The standard InChI is InChI=1S/C15H30N2O/c1-12(2)11-17-8-5-15(18,6-9-17)14-10-13(3)4-7-16-14/h12-14,16,18H,4-11H2,1-3H3. The largest absolute Gasteiger partial charge is 0.388 e. The van der Waals surface area contributed by atoms with Crippen LogP contribution in [0.1, 0.15) is 46.5 Å². The fourth-order valence-electron chi connectivity index (χ4n) is 3.50. The zero-order chi connectivity index (χ0) is 13.2. The number of hydrogen-bond acceptors (Lipinski definition) is 3. The number of rotatable bonds is 3. The summed E-state index contributed by atoms with van der Waals surface area (Å²) in [7, 11) is 0. The van der Waals surface area contributed by atoms with Crippen molar-refractivity contribution in [2.45, 2.75) is 58.1 Å². The van der Waals surface area contributed by atoms with Gasteiger partial charge < -0.3 is 15.3 Å². The van der Waals surface area contributed by atoms with Crippen molar-refractivity contribution in [1.29, 1.82) is 0 Å². The number of aliphatic hydroxyl groups is 1. The van der Waals surface area contributed by atoms with Gasteiger partial charge in [0.15, 0.2) is 0 Å². The lowest BCUT2D eigenvalue weighted by molar-refractivity contribution is -0.0616. The second kappa shape index (κ2) is 5.89. The molecule has 3 nitrogen and oxygen atoms in total. The molecule has 18 heavy (non-hydrogen) atoms. The van der Waals surface area contributed by atoms with Crippen molar-refractivity contribution < 1.29 is 5.11 Å². The monoisotopic (exact) mass is 254 g/mol. The molecule has 2 unspecified atom stereocenters. The average molecular weight is 254 g/mol. The van der Waals surface area contributed by atoms with E-state index >= 15 is 0 Å². The Kier molecular flexibility index (Phi) is 4.68. The molecule has 0 aliphatic carbocycles. The normalized spacial score (nSPS) is 33.8. The van der Waals surface area contributed by atoms with Crippen LogP contribution in [0, 0.1) is 11.8 Å². The van der Waals surface area contributed by atoms with Gasteiger partial charge in [0.25, 0.3) is 0 Å². The van der Waals surface area contributed by atoms with Crippen molar-refractivity contribution in [3.8, 4) is 0 Å². The van der Waals surface area contributed by atoms with Crippen molar-refractivity contribution in [3.05, 3.63) is 0 Å². The van der Waals surface area contributed by atoms with Crippen LogP contribution >= 0.6 is 0 Å². The van der Waals surface area contributed by atoms with E-state index in [2.05, 4.69) is 31.0 Å². The first-order valence-electron chi connectivity index (χ1n) is 7.68. The molecule has 0 aromatic rings. The zero-order valence-electron chi connectivity index (χ0n) is 12.3. The number of nitrogens with zero attached hydrogens (tertiary/aromatic N) is 1. The Hall–Kier alpha value is -0.120. The fourth-order valence-corrected chi connectivity index (χ4v) is 3.50. The minimum atomic E-state index is -0.456. The van der Waals surface area contributed by atoms with E-state index in [-0.39, 0.29) is 0 Å². The Labute approximate surface area is 112 Å². The lowest BCUT2D eigenvalue weighted by Crippen LogP contribution is -2.58. The maximum absolute atomic E-state index is 10.9. The van der Waals surface area contributed by atoms with Gasteiger partial charge in [-0.05, 0) is 44.1 Å². The predicted octanol–water partition coefficient (Wildman–Crippen LogP) is 1.86. The predicted molar refractivity (Wildman–Crippen MR) is 75.7 cm³/mol. The van der Waals surface area contributed by atoms with Crippen LogP contribution in [0.15, 0.2) is 0 Å². The SMILES string of the molecule is CC(C)CN1CCC(O)(C2CC(C)CCN2)CC1. The van der Waals surface area contributed by atoms with Gasteiger partial charge in [0, 0.05) is 25.7 Å². The molecule has 0 bridgehead atoms. The fraction of sp³-hybridized carbons (Fsp3) is 1.00. The molecule has 106 valence electrons. The van der Waals surface area contributed by atoms with Crippen LogP contribution < -0.4 is 5.32 Å². The zero-order valence-corrected chi connectivity index (χ0v) is 12.3. The van der Waals surface area contributed by atoms with E-state index in [4.69, 9.17) is 0 Å². The van der Waals surface area contributed by atoms with E-state index < -0.39 is 5.60 Å². The van der Waals surface area contributed by atoms with Gasteiger partial charge in [0.2, 0.25) is 0 Å². The van der Waals surface area contributed by atoms with Crippen LogP contribution in [0.25, 0.3) is 0 Å². The third-order valence-electron chi connectivity index (χ3n) is 4.66. The van der Waals surface area contributed by atoms with Gasteiger partial charge in [-0.2, -0.15) is 0 Å². The molecule has 2 aliphatic heterocycles. The minimum absolute atomic E-state index is 0.322. The molecule has 0 radical (unpaired) electrons. The lowest BCUT2D eigenvalue weighted by atomic mass is 9.78. The second-order valence-electron chi connectivity index (χ2n) is 6.93. The van der Waals surface area contributed by atoms with Crippen LogP contribution in [-0.4, -0.2) is 47.8 Å². The molecule has 2 rings (SSSR count). The van der Waals surface area contributed by atoms with Crippen molar-refractivity contribution in [2.75, 3.05) is 26.2 Å². The average Bonchev–Trinajstić information content (AvgIpc) is 2.32. The summed E-state index contributed by atoms with van der Waals surface area (Å²) in [6, 6.07) is 0.322. The molecule has 0 amide bonds. The molecule has 0 spiro atoms. The Morgan fingerprint density at radius 2 is 2.00 bits per heavy atom. The summed E-state index contributed by atoms with van der Waals surface area (Å²) in [5.74, 6) is 1.48. The Morgan fingerprint density at radius 3 is 2.56 bits per heavy atom. The first-order valence-corrected chi connectivity index (χ1v) is 7.68. The van der Waals surface area contributed by atoms with Crippen LogP contribution in [0.2, 0.25) is 0 Å². The quantitative estimate of drug-likeness (QED) is 0.807. The van der Waals surface area contributed by atoms with Crippen molar-refractivity contribution in [3.63, 3.8) is 0 Å². The van der Waals surface area contributed by atoms with Gasteiger partial charge in [0.1, 0.15) is 0 Å². The molecule has 2 heterocycles. The molecule has 2 fully saturated rings. The highest BCUT2D eigenvalue weighted by atomic mass is 16.3. The van der Waals surface area contributed by atoms with Crippen LogP contribution in [-0.2, 0) is 0 Å². The third-order valence-corrected chi connectivity index (χ3v) is 4.66. The van der Waals surface area contributed by atoms with Gasteiger partial charge in [-0.1, -0.05) is 20.8 Å². The highest BCUT2D eigenvalue weighted by Crippen LogP contribution is 2.31. The summed E-state index contributed by atoms with van der Waals surface area (Å²) in [5, 5.41) is 14.4. The van der Waals surface area contributed by atoms with Crippen LogP contribution in [0.4, 0.5) is 0 Å². The van der Waals surface area contributed by atoms with Crippen LogP contribution in [0.3, 0.4) is 0 Å². The second-order valence-corrected chi connectivity index (χ2v) is 6.93. The first kappa shape index (κ1) is 14.3. The van der Waals surface area contributed by atoms with Crippen LogP contribution in [0.5, 0.6) is 0 Å². The number of piperidine rings is 2. The van der Waals surface area contributed by atoms with E-state index in [1.807, 2.05) is 0 Å². The minimum Gasteiger partial charge on any atom is -0.388 e. The van der Waals surface area contributed by atoms with E-state index in [0.717, 1.165) is 50.7 Å². The summed E-state index contributed by atoms with van der Waals surface area (Å²) in [5.41, 5.74) is -0.456. The summed E-state index contributed by atoms with van der Waals surface area (Å²) in [6.07, 6.45) is 4.26. The highest BCUT2D eigenvalue weighted by molar-refractivity contribution is 4.98. The molecule has 3 heteroatoms. The van der Waals surface area contributed by atoms with E-state index in [0.29, 0.717) is 6.04 Å². The maximum atomic E-state index is 10.9. The number of nitrogens with one attached hydrogen (secondary N) is 1. The molecule has 0 saturated carbocycles. The molecular formula is C15H30N2O. The lowest BCUT2D eigenvalue weighted by Gasteiger charge is -2.46. The van der Waals surface area contributed by atoms with E-state index in [1.54, 1.807) is 0 Å². The Balaban J connectivity index is 1.86. The smallest absolute Gasteiger partial charge is 0.0824 e. The molecule has 2 saturated heterocycles. The third kappa shape index (κ3) is 3.46. The number of hydrogen-bond donors (Lipinski definition) is 2. The number of likely N-dealkylation sites (tertiary alicyclic amines) is 1. The maximum Gasteiger partial charge on any atom is 0.0824 e. The van der Waals surface area contributed by atoms with Crippen molar-refractivity contribution in [2.24, 2.45) is 11.8 Å². The molecule has 0 aromatic carbocycles. The van der Waals surface area contributed by atoms with Gasteiger partial charge in [-0.25, -0.2) is 0 Å².